The van der Waals surface area contributed by atoms with Crippen molar-refractivity contribution in [2.45, 2.75) is 26.7 Å². The molecule has 18 heavy (non-hydrogen) atoms. The minimum atomic E-state index is -0.344. The standard InChI is InChI=1S/C13H19NO3S/c1-3-14(10-13(16)17-4-2)12(15)8-7-11-6-5-9-18-11/h5-6,9H,3-4,7-8,10H2,1-2H3. The Morgan fingerprint density at radius 2 is 2.17 bits per heavy atom. The Bertz CT molecular complexity index is 376. The number of carbonyl (C=O) groups is 2. The third-order valence-electron chi connectivity index (χ3n) is 2.53. The lowest BCUT2D eigenvalue weighted by Gasteiger charge is -2.19. The third kappa shape index (κ3) is 4.87. The lowest BCUT2D eigenvalue weighted by Crippen LogP contribution is -2.36. The molecule has 1 aromatic rings. The van der Waals surface area contributed by atoms with Crippen LogP contribution >= 0.6 is 11.3 Å². The van der Waals surface area contributed by atoms with E-state index in [2.05, 4.69) is 0 Å². The third-order valence-corrected chi connectivity index (χ3v) is 3.46. The average molecular weight is 269 g/mol. The van der Waals surface area contributed by atoms with Crippen molar-refractivity contribution in [1.82, 2.24) is 4.90 Å². The Balaban J connectivity index is 2.39. The second kappa shape index (κ2) is 7.87. The molecule has 1 amide bonds. The van der Waals surface area contributed by atoms with E-state index in [1.807, 2.05) is 24.4 Å². The summed E-state index contributed by atoms with van der Waals surface area (Å²) in [4.78, 5) is 26.0. The van der Waals surface area contributed by atoms with Gasteiger partial charge in [0.1, 0.15) is 6.54 Å². The largest absolute Gasteiger partial charge is 0.465 e. The normalized spacial score (nSPS) is 10.1. The first-order chi connectivity index (χ1) is 8.67. The van der Waals surface area contributed by atoms with Gasteiger partial charge in [0.2, 0.25) is 5.91 Å². The monoisotopic (exact) mass is 269 g/mol. The Kier molecular flexibility index (Phi) is 6.43. The number of amides is 1. The van der Waals surface area contributed by atoms with Crippen LogP contribution in [0.2, 0.25) is 0 Å². The molecule has 5 heteroatoms. The highest BCUT2D eigenvalue weighted by Gasteiger charge is 2.15. The molecule has 1 heterocycles. The van der Waals surface area contributed by atoms with E-state index in [0.717, 1.165) is 6.42 Å². The van der Waals surface area contributed by atoms with Gasteiger partial charge in [-0.1, -0.05) is 6.07 Å². The van der Waals surface area contributed by atoms with E-state index in [0.29, 0.717) is 19.6 Å². The fourth-order valence-corrected chi connectivity index (χ4v) is 2.29. The van der Waals surface area contributed by atoms with Crippen LogP contribution in [-0.4, -0.2) is 36.5 Å². The predicted octanol–water partition coefficient (Wildman–Crippen LogP) is 2.09. The van der Waals surface area contributed by atoms with Crippen LogP contribution in [0.3, 0.4) is 0 Å². The molecule has 0 bridgehead atoms. The number of carbonyl (C=O) groups excluding carboxylic acids is 2. The van der Waals surface area contributed by atoms with Gasteiger partial charge in [0.25, 0.3) is 0 Å². The van der Waals surface area contributed by atoms with Crippen molar-refractivity contribution in [3.05, 3.63) is 22.4 Å². The zero-order valence-electron chi connectivity index (χ0n) is 10.8. The van der Waals surface area contributed by atoms with Crippen LogP contribution < -0.4 is 0 Å². The quantitative estimate of drug-likeness (QED) is 0.712. The summed E-state index contributed by atoms with van der Waals surface area (Å²) in [5.41, 5.74) is 0. The van der Waals surface area contributed by atoms with Gasteiger partial charge in [-0.15, -0.1) is 11.3 Å². The second-order valence-electron chi connectivity index (χ2n) is 3.79. The van der Waals surface area contributed by atoms with Crippen molar-refractivity contribution in [2.24, 2.45) is 0 Å². The predicted molar refractivity (Wildman–Crippen MR) is 71.5 cm³/mol. The number of hydrogen-bond acceptors (Lipinski definition) is 4. The Hall–Kier alpha value is -1.36. The molecule has 0 aliphatic heterocycles. The van der Waals surface area contributed by atoms with Crippen molar-refractivity contribution >= 4 is 23.2 Å². The molecule has 0 aliphatic rings. The minimum absolute atomic E-state index is 0.000969. The number of thiophene rings is 1. The molecule has 0 atom stereocenters. The summed E-state index contributed by atoms with van der Waals surface area (Å²) in [6.45, 7) is 4.55. The lowest BCUT2D eigenvalue weighted by molar-refractivity contribution is -0.148. The maximum absolute atomic E-state index is 11.9. The van der Waals surface area contributed by atoms with Crippen LogP contribution in [-0.2, 0) is 20.7 Å². The summed E-state index contributed by atoms with van der Waals surface area (Å²) in [5.74, 6) is -0.345. The Morgan fingerprint density at radius 3 is 2.72 bits per heavy atom. The molecule has 0 spiro atoms. The lowest BCUT2D eigenvalue weighted by atomic mass is 10.2. The van der Waals surface area contributed by atoms with Gasteiger partial charge in [0, 0.05) is 17.8 Å². The highest BCUT2D eigenvalue weighted by atomic mass is 32.1. The molecule has 1 rings (SSSR count). The first-order valence-electron chi connectivity index (χ1n) is 6.13. The molecular weight excluding hydrogens is 250 g/mol. The van der Waals surface area contributed by atoms with Crippen LogP contribution in [0.1, 0.15) is 25.1 Å². The van der Waals surface area contributed by atoms with Crippen LogP contribution in [0, 0.1) is 0 Å². The van der Waals surface area contributed by atoms with Gasteiger partial charge < -0.3 is 9.64 Å². The van der Waals surface area contributed by atoms with Crippen molar-refractivity contribution in [3.63, 3.8) is 0 Å². The molecule has 0 fully saturated rings. The number of nitrogens with zero attached hydrogens (tertiary/aromatic N) is 1. The van der Waals surface area contributed by atoms with Crippen molar-refractivity contribution in [3.8, 4) is 0 Å². The van der Waals surface area contributed by atoms with Crippen LogP contribution in [0.25, 0.3) is 0 Å². The molecule has 0 unspecified atom stereocenters. The summed E-state index contributed by atoms with van der Waals surface area (Å²) in [6.07, 6.45) is 1.17. The molecule has 0 aliphatic carbocycles. The van der Waals surface area contributed by atoms with E-state index in [9.17, 15) is 9.59 Å². The fourth-order valence-electron chi connectivity index (χ4n) is 1.58. The number of ether oxygens (including phenoxy) is 1. The molecule has 0 radical (unpaired) electrons. The molecule has 0 saturated carbocycles. The van der Waals surface area contributed by atoms with E-state index < -0.39 is 0 Å². The van der Waals surface area contributed by atoms with Gasteiger partial charge in [-0.05, 0) is 31.7 Å². The maximum atomic E-state index is 11.9. The van der Waals surface area contributed by atoms with E-state index in [1.54, 1.807) is 18.3 Å². The Morgan fingerprint density at radius 1 is 1.39 bits per heavy atom. The summed E-state index contributed by atoms with van der Waals surface area (Å²) in [7, 11) is 0. The SMILES string of the molecule is CCOC(=O)CN(CC)C(=O)CCc1cccs1. The van der Waals surface area contributed by atoms with Gasteiger partial charge in [-0.3, -0.25) is 9.59 Å². The minimum Gasteiger partial charge on any atom is -0.465 e. The van der Waals surface area contributed by atoms with Crippen molar-refractivity contribution in [2.75, 3.05) is 19.7 Å². The molecule has 4 nitrogen and oxygen atoms in total. The van der Waals surface area contributed by atoms with Gasteiger partial charge in [-0.25, -0.2) is 0 Å². The van der Waals surface area contributed by atoms with Gasteiger partial charge in [0.15, 0.2) is 0 Å². The zero-order valence-corrected chi connectivity index (χ0v) is 11.7. The summed E-state index contributed by atoms with van der Waals surface area (Å²) >= 11 is 1.64. The highest BCUT2D eigenvalue weighted by molar-refractivity contribution is 7.09. The highest BCUT2D eigenvalue weighted by Crippen LogP contribution is 2.11. The van der Waals surface area contributed by atoms with Gasteiger partial charge in [-0.2, -0.15) is 0 Å². The van der Waals surface area contributed by atoms with Crippen LogP contribution in [0.15, 0.2) is 17.5 Å². The van der Waals surface area contributed by atoms with Crippen LogP contribution in [0.5, 0.6) is 0 Å². The first-order valence-corrected chi connectivity index (χ1v) is 7.01. The molecule has 0 saturated heterocycles. The number of likely N-dealkylation sites (N-methyl/N-ethyl adjacent to an activating group) is 1. The molecular formula is C13H19NO3S. The summed E-state index contributed by atoms with van der Waals surface area (Å²) < 4.78 is 4.84. The molecule has 0 aromatic carbocycles. The maximum Gasteiger partial charge on any atom is 0.325 e. The number of esters is 1. The number of hydrogen-bond donors (Lipinski definition) is 0. The molecule has 1 aromatic heterocycles. The smallest absolute Gasteiger partial charge is 0.325 e. The molecule has 0 N–H and O–H groups in total. The number of aryl methyl sites for hydroxylation is 1. The van der Waals surface area contributed by atoms with E-state index in [4.69, 9.17) is 4.74 Å². The van der Waals surface area contributed by atoms with Gasteiger partial charge in [0.05, 0.1) is 6.61 Å². The van der Waals surface area contributed by atoms with Crippen molar-refractivity contribution in [1.29, 1.82) is 0 Å². The van der Waals surface area contributed by atoms with Gasteiger partial charge >= 0.3 is 5.97 Å². The second-order valence-corrected chi connectivity index (χ2v) is 4.82. The Labute approximate surface area is 112 Å². The average Bonchev–Trinajstić information content (AvgIpc) is 2.86. The van der Waals surface area contributed by atoms with E-state index in [-0.39, 0.29) is 18.4 Å². The van der Waals surface area contributed by atoms with E-state index >= 15 is 0 Å². The van der Waals surface area contributed by atoms with Crippen LogP contribution in [0.4, 0.5) is 0 Å². The zero-order chi connectivity index (χ0) is 13.4. The van der Waals surface area contributed by atoms with E-state index in [1.165, 1.54) is 9.78 Å². The molecule has 100 valence electrons. The van der Waals surface area contributed by atoms with Crippen molar-refractivity contribution < 1.29 is 14.3 Å². The number of rotatable bonds is 7. The fraction of sp³-hybridized carbons (Fsp3) is 0.538. The topological polar surface area (TPSA) is 46.6 Å². The summed E-state index contributed by atoms with van der Waals surface area (Å²) in [6, 6.07) is 3.99. The first kappa shape index (κ1) is 14.7. The summed E-state index contributed by atoms with van der Waals surface area (Å²) in [5, 5.41) is 2.00.